The van der Waals surface area contributed by atoms with Gasteiger partial charge in [-0.05, 0) is 18.9 Å². The van der Waals surface area contributed by atoms with E-state index < -0.39 is 41.4 Å². The highest BCUT2D eigenvalue weighted by atomic mass is 19.4. The van der Waals surface area contributed by atoms with Crippen LogP contribution in [-0.2, 0) is 9.59 Å². The minimum absolute atomic E-state index is 0.0385. The summed E-state index contributed by atoms with van der Waals surface area (Å²) in [7, 11) is 0. The van der Waals surface area contributed by atoms with Crippen molar-refractivity contribution in [3.8, 4) is 5.75 Å². The second kappa shape index (κ2) is 7.64. The van der Waals surface area contributed by atoms with E-state index in [0.29, 0.717) is 12.8 Å². The number of carbonyl (C=O) groups is 2. The number of nitrogens with one attached hydrogen (secondary N) is 1. The summed E-state index contributed by atoms with van der Waals surface area (Å²) < 4.78 is 44.8. The summed E-state index contributed by atoms with van der Waals surface area (Å²) >= 11 is 0. The standard InChI is InChI=1S/C17H18F3N3O5/c18-17(19,20)11-3-1-2-4-12(11)21-15(24)8-22-13-7-10(23(26)27)5-6-14(13)28-9-16(22)25/h5-7,11-12H,1-4,8-9H2,(H,21,24). The number of halogens is 3. The molecular weight excluding hydrogens is 383 g/mol. The summed E-state index contributed by atoms with van der Waals surface area (Å²) in [6.07, 6.45) is -3.26. The van der Waals surface area contributed by atoms with Gasteiger partial charge in [0.1, 0.15) is 12.3 Å². The van der Waals surface area contributed by atoms with Gasteiger partial charge in [0.2, 0.25) is 5.91 Å². The highest BCUT2D eigenvalue weighted by Gasteiger charge is 2.46. The van der Waals surface area contributed by atoms with Crippen molar-refractivity contribution in [1.29, 1.82) is 0 Å². The summed E-state index contributed by atoms with van der Waals surface area (Å²) in [6, 6.07) is 2.55. The Balaban J connectivity index is 1.76. The molecule has 1 aliphatic carbocycles. The highest BCUT2D eigenvalue weighted by molar-refractivity contribution is 6.02. The summed E-state index contributed by atoms with van der Waals surface area (Å²) in [6.45, 7) is -0.913. The van der Waals surface area contributed by atoms with Crippen molar-refractivity contribution in [3.05, 3.63) is 28.3 Å². The number of non-ortho nitro benzene ring substituents is 1. The summed E-state index contributed by atoms with van der Waals surface area (Å²) in [5.41, 5.74) is -0.261. The van der Waals surface area contributed by atoms with Gasteiger partial charge in [-0.25, -0.2) is 0 Å². The summed E-state index contributed by atoms with van der Waals surface area (Å²) in [5.74, 6) is -2.81. The molecule has 0 spiro atoms. The van der Waals surface area contributed by atoms with Crippen molar-refractivity contribution in [1.82, 2.24) is 5.32 Å². The normalized spacial score (nSPS) is 22.2. The molecule has 0 bridgehead atoms. The monoisotopic (exact) mass is 401 g/mol. The fourth-order valence-electron chi connectivity index (χ4n) is 3.57. The minimum Gasteiger partial charge on any atom is -0.482 e. The molecule has 0 saturated heterocycles. The van der Waals surface area contributed by atoms with Gasteiger partial charge >= 0.3 is 6.18 Å². The van der Waals surface area contributed by atoms with Crippen LogP contribution < -0.4 is 15.0 Å². The van der Waals surface area contributed by atoms with Crippen molar-refractivity contribution in [2.75, 3.05) is 18.1 Å². The zero-order valence-corrected chi connectivity index (χ0v) is 14.7. The van der Waals surface area contributed by atoms with Crippen molar-refractivity contribution < 1.29 is 32.4 Å². The van der Waals surface area contributed by atoms with E-state index in [9.17, 15) is 32.9 Å². The molecule has 1 saturated carbocycles. The van der Waals surface area contributed by atoms with E-state index in [4.69, 9.17) is 4.74 Å². The lowest BCUT2D eigenvalue weighted by Crippen LogP contribution is -2.52. The second-order valence-corrected chi connectivity index (χ2v) is 6.78. The van der Waals surface area contributed by atoms with Crippen LogP contribution in [0.5, 0.6) is 5.75 Å². The average molecular weight is 401 g/mol. The number of rotatable bonds is 4. The highest BCUT2D eigenvalue weighted by Crippen LogP contribution is 2.38. The van der Waals surface area contributed by atoms with Crippen LogP contribution in [0.2, 0.25) is 0 Å². The van der Waals surface area contributed by atoms with Crippen LogP contribution in [0, 0.1) is 16.0 Å². The van der Waals surface area contributed by atoms with Crippen LogP contribution >= 0.6 is 0 Å². The van der Waals surface area contributed by atoms with E-state index in [-0.39, 0.29) is 36.6 Å². The molecule has 1 heterocycles. The van der Waals surface area contributed by atoms with E-state index in [1.165, 1.54) is 12.1 Å². The molecule has 0 radical (unpaired) electrons. The first-order valence-electron chi connectivity index (χ1n) is 8.74. The van der Waals surface area contributed by atoms with Crippen LogP contribution in [-0.4, -0.2) is 42.1 Å². The fourth-order valence-corrected chi connectivity index (χ4v) is 3.57. The largest absolute Gasteiger partial charge is 0.482 e. The minimum atomic E-state index is -4.42. The molecular formula is C17H18F3N3O5. The Bertz CT molecular complexity index is 799. The van der Waals surface area contributed by atoms with Crippen LogP contribution in [0.25, 0.3) is 0 Å². The maximum absolute atomic E-state index is 13.2. The molecule has 2 unspecified atom stereocenters. The first-order valence-corrected chi connectivity index (χ1v) is 8.74. The van der Waals surface area contributed by atoms with Gasteiger partial charge in [-0.2, -0.15) is 13.2 Å². The number of hydrogen-bond acceptors (Lipinski definition) is 5. The van der Waals surface area contributed by atoms with Gasteiger partial charge in [0.15, 0.2) is 6.61 Å². The summed E-state index contributed by atoms with van der Waals surface area (Å²) in [5, 5.41) is 13.3. The molecule has 2 atom stereocenters. The van der Waals surface area contributed by atoms with Crippen LogP contribution in [0.3, 0.4) is 0 Å². The third kappa shape index (κ3) is 4.18. The zero-order chi connectivity index (χ0) is 20.5. The maximum Gasteiger partial charge on any atom is 0.393 e. The second-order valence-electron chi connectivity index (χ2n) is 6.78. The molecule has 1 fully saturated rings. The zero-order valence-electron chi connectivity index (χ0n) is 14.7. The number of nitro benzene ring substituents is 1. The van der Waals surface area contributed by atoms with Crippen LogP contribution in [0.1, 0.15) is 25.7 Å². The lowest BCUT2D eigenvalue weighted by molar-refractivity contribution is -0.384. The van der Waals surface area contributed by atoms with Gasteiger partial charge in [0.05, 0.1) is 16.5 Å². The third-order valence-electron chi connectivity index (χ3n) is 4.93. The molecule has 11 heteroatoms. The van der Waals surface area contributed by atoms with Crippen molar-refractivity contribution in [2.24, 2.45) is 5.92 Å². The average Bonchev–Trinajstić information content (AvgIpc) is 2.63. The van der Waals surface area contributed by atoms with Crippen molar-refractivity contribution in [2.45, 2.75) is 37.9 Å². The molecule has 1 N–H and O–H groups in total. The lowest BCUT2D eigenvalue weighted by atomic mass is 9.84. The van der Waals surface area contributed by atoms with Gasteiger partial charge in [-0.3, -0.25) is 24.6 Å². The van der Waals surface area contributed by atoms with Gasteiger partial charge < -0.3 is 10.1 Å². The molecule has 1 aliphatic heterocycles. The van der Waals surface area contributed by atoms with E-state index in [1.807, 2.05) is 0 Å². The summed E-state index contributed by atoms with van der Waals surface area (Å²) in [4.78, 5) is 35.8. The van der Waals surface area contributed by atoms with Crippen LogP contribution in [0.4, 0.5) is 24.5 Å². The van der Waals surface area contributed by atoms with E-state index in [0.717, 1.165) is 11.0 Å². The molecule has 0 aromatic heterocycles. The first-order chi connectivity index (χ1) is 13.2. The Labute approximate surface area is 157 Å². The van der Waals surface area contributed by atoms with Gasteiger partial charge in [-0.15, -0.1) is 0 Å². The quantitative estimate of drug-likeness (QED) is 0.617. The van der Waals surface area contributed by atoms with E-state index >= 15 is 0 Å². The number of fused-ring (bicyclic) bond motifs is 1. The number of ether oxygens (including phenoxy) is 1. The Morgan fingerprint density at radius 2 is 2.04 bits per heavy atom. The molecule has 28 heavy (non-hydrogen) atoms. The Hall–Kier alpha value is -2.85. The number of nitro groups is 1. The van der Waals surface area contributed by atoms with Crippen molar-refractivity contribution >= 4 is 23.2 Å². The first kappa shape index (κ1) is 19.9. The van der Waals surface area contributed by atoms with Gasteiger partial charge in [-0.1, -0.05) is 12.8 Å². The number of benzene rings is 1. The predicted molar refractivity (Wildman–Crippen MR) is 90.9 cm³/mol. The van der Waals surface area contributed by atoms with Crippen molar-refractivity contribution in [3.63, 3.8) is 0 Å². The SMILES string of the molecule is O=C(CN1C(=O)COc2ccc([N+](=O)[O-])cc21)NC1CCCCC1C(F)(F)F. The molecule has 2 amide bonds. The predicted octanol–water partition coefficient (Wildman–Crippen LogP) is 2.56. The molecule has 152 valence electrons. The van der Waals surface area contributed by atoms with Gasteiger partial charge in [0, 0.05) is 18.2 Å². The molecule has 1 aromatic carbocycles. The van der Waals surface area contributed by atoms with Crippen LogP contribution in [0.15, 0.2) is 18.2 Å². The molecule has 3 rings (SSSR count). The number of nitrogens with zero attached hydrogens (tertiary/aromatic N) is 2. The smallest absolute Gasteiger partial charge is 0.393 e. The number of amides is 2. The lowest BCUT2D eigenvalue weighted by Gasteiger charge is -2.34. The number of alkyl halides is 3. The molecule has 8 nitrogen and oxygen atoms in total. The maximum atomic E-state index is 13.2. The van der Waals surface area contributed by atoms with E-state index in [1.54, 1.807) is 0 Å². The fraction of sp³-hybridized carbons (Fsp3) is 0.529. The number of hydrogen-bond donors (Lipinski definition) is 1. The van der Waals surface area contributed by atoms with E-state index in [2.05, 4.69) is 5.32 Å². The van der Waals surface area contributed by atoms with Gasteiger partial charge in [0.25, 0.3) is 11.6 Å². The molecule has 1 aromatic rings. The third-order valence-corrected chi connectivity index (χ3v) is 4.93. The molecule has 2 aliphatic rings. The number of anilines is 1. The number of carbonyl (C=O) groups excluding carboxylic acids is 2. The Kier molecular flexibility index (Phi) is 5.43. The topological polar surface area (TPSA) is 102 Å². The Morgan fingerprint density at radius 1 is 1.32 bits per heavy atom. The Morgan fingerprint density at radius 3 is 2.71 bits per heavy atom.